The lowest BCUT2D eigenvalue weighted by molar-refractivity contribution is -0.124. The van der Waals surface area contributed by atoms with Gasteiger partial charge in [0.15, 0.2) is 5.65 Å². The SMILES string of the molecule is COCC1(O)CCN(c2ccc(Nc3ccc(-c4ccnc5c4ccn5C)c4c3C(=O)NC4)nc2)CC1.Cn1ccc2c(-c3ccc(Nc4ccc(N5CCC6(CC5)COC6)cn4)c4c3CNC4=O)ccnc21.O=C1NCc2c(-c3cnc4cnccn34)ccc(Nc3ccc(N4CCCOCC4)cn3)c21. The van der Waals surface area contributed by atoms with Crippen LogP contribution in [-0.2, 0) is 47.9 Å². The van der Waals surface area contributed by atoms with Crippen molar-refractivity contribution in [1.29, 1.82) is 0 Å². The summed E-state index contributed by atoms with van der Waals surface area (Å²) in [7, 11) is 5.59. The smallest absolute Gasteiger partial charge is 0.254 e. The highest BCUT2D eigenvalue weighted by Gasteiger charge is 2.41. The van der Waals surface area contributed by atoms with Crippen LogP contribution >= 0.6 is 0 Å². The molecule has 19 rings (SSSR count). The Morgan fingerprint density at radius 1 is 0.481 bits per heavy atom. The molecule has 16 heterocycles. The van der Waals surface area contributed by atoms with Crippen molar-refractivity contribution in [2.45, 2.75) is 57.3 Å². The molecule has 4 fully saturated rings. The molecule has 0 unspecified atom stereocenters. The second kappa shape index (κ2) is 28.3. The van der Waals surface area contributed by atoms with E-state index >= 15 is 0 Å². The third-order valence-electron chi connectivity index (χ3n) is 21.7. The summed E-state index contributed by atoms with van der Waals surface area (Å²) in [5.41, 5.74) is 18.7. The maximum atomic E-state index is 12.9. The van der Waals surface area contributed by atoms with Gasteiger partial charge in [0, 0.05) is 146 Å². The number of carbonyl (C=O) groups excluding carboxylic acids is 3. The van der Waals surface area contributed by atoms with Crippen LogP contribution in [0.2, 0.25) is 0 Å². The molecule has 7 aliphatic rings. The molecule has 26 heteroatoms. The molecule has 7 aliphatic heterocycles. The molecule has 0 radical (unpaired) electrons. The molecule has 4 saturated heterocycles. The number of ether oxygens (including phenoxy) is 3. The summed E-state index contributed by atoms with van der Waals surface area (Å²) < 4.78 is 22.1. The zero-order chi connectivity index (χ0) is 72.0. The van der Waals surface area contributed by atoms with Gasteiger partial charge in [-0.1, -0.05) is 18.2 Å². The minimum Gasteiger partial charge on any atom is -0.387 e. The van der Waals surface area contributed by atoms with Crippen LogP contribution in [0, 0.1) is 5.41 Å². The molecule has 1 spiro atoms. The van der Waals surface area contributed by atoms with Gasteiger partial charge in [0.25, 0.3) is 17.7 Å². The maximum Gasteiger partial charge on any atom is 0.254 e. The van der Waals surface area contributed by atoms with Gasteiger partial charge in [-0.25, -0.2) is 29.9 Å². The summed E-state index contributed by atoms with van der Waals surface area (Å²) in [6.07, 6.45) is 25.1. The van der Waals surface area contributed by atoms with E-state index in [1.165, 1.54) is 12.8 Å². The van der Waals surface area contributed by atoms with E-state index in [2.05, 4.69) is 118 Å². The highest BCUT2D eigenvalue weighted by Crippen LogP contribution is 2.43. The van der Waals surface area contributed by atoms with Crippen molar-refractivity contribution in [3.8, 4) is 33.5 Å². The van der Waals surface area contributed by atoms with Crippen LogP contribution in [0.3, 0.4) is 0 Å². The monoisotopic (exact) mass is 1420 g/mol. The lowest BCUT2D eigenvalue weighted by Gasteiger charge is -2.47. The zero-order valence-corrected chi connectivity index (χ0v) is 59.2. The molecule has 9 aromatic heterocycles. The Hall–Kier alpha value is -11.8. The molecule has 0 bridgehead atoms. The molecule has 7 N–H and O–H groups in total. The topological polar surface area (TPSA) is 286 Å². The average molecular weight is 1420 g/mol. The van der Waals surface area contributed by atoms with Crippen LogP contribution in [0.4, 0.5) is 51.6 Å². The Morgan fingerprint density at radius 2 is 0.962 bits per heavy atom. The van der Waals surface area contributed by atoms with E-state index < -0.39 is 5.60 Å². The molecule has 0 atom stereocenters. The Morgan fingerprint density at radius 3 is 1.43 bits per heavy atom. The number of aryl methyl sites for hydroxylation is 2. The number of carbonyl (C=O) groups is 3. The van der Waals surface area contributed by atoms with E-state index in [4.69, 9.17) is 14.2 Å². The number of hydrogen-bond donors (Lipinski definition) is 7. The van der Waals surface area contributed by atoms with E-state index in [0.29, 0.717) is 72.8 Å². The summed E-state index contributed by atoms with van der Waals surface area (Å²) >= 11 is 0. The molecule has 0 aliphatic carbocycles. The zero-order valence-electron chi connectivity index (χ0n) is 59.2. The first-order chi connectivity index (χ1) is 51.8. The van der Waals surface area contributed by atoms with Gasteiger partial charge in [-0.3, -0.25) is 23.8 Å². The third-order valence-corrected chi connectivity index (χ3v) is 21.7. The highest BCUT2D eigenvalue weighted by molar-refractivity contribution is 6.09. The number of amides is 3. The fraction of sp³-hybridized carbons (Fsp3) is 0.300. The Kier molecular flexibility index (Phi) is 18.0. The predicted molar refractivity (Wildman–Crippen MR) is 407 cm³/mol. The number of imidazole rings is 1. The van der Waals surface area contributed by atoms with Crippen LogP contribution in [-0.4, -0.2) is 156 Å². The average Bonchev–Trinajstić information content (AvgIpc) is 1.58. The molecule has 3 amide bonds. The fourth-order valence-corrected chi connectivity index (χ4v) is 15.8. The van der Waals surface area contributed by atoms with Crippen molar-refractivity contribution in [2.24, 2.45) is 19.5 Å². The van der Waals surface area contributed by atoms with E-state index in [1.54, 1.807) is 19.5 Å². The number of nitrogens with one attached hydrogen (secondary N) is 6. The van der Waals surface area contributed by atoms with Crippen LogP contribution in [0.25, 0.3) is 61.2 Å². The van der Waals surface area contributed by atoms with Crippen molar-refractivity contribution in [2.75, 3.05) is 110 Å². The summed E-state index contributed by atoms with van der Waals surface area (Å²) in [6.45, 7) is 10.6. The molecular formula is C80H81N19O7. The number of aromatic nitrogens is 10. The van der Waals surface area contributed by atoms with Crippen molar-refractivity contribution in [3.63, 3.8) is 0 Å². The number of benzene rings is 3. The molecular weight excluding hydrogens is 1340 g/mol. The van der Waals surface area contributed by atoms with Gasteiger partial charge in [0.2, 0.25) is 0 Å². The first-order valence-corrected chi connectivity index (χ1v) is 36.1. The van der Waals surface area contributed by atoms with Gasteiger partial charge >= 0.3 is 0 Å². The molecule has 106 heavy (non-hydrogen) atoms. The van der Waals surface area contributed by atoms with Gasteiger partial charge in [-0.05, 0) is 150 Å². The lowest BCUT2D eigenvalue weighted by atomic mass is 9.77. The number of pyridine rings is 5. The molecule has 26 nitrogen and oxygen atoms in total. The first kappa shape index (κ1) is 67.3. The Bertz CT molecular complexity index is 5320. The third kappa shape index (κ3) is 13.0. The number of methoxy groups -OCH3 is 1. The lowest BCUT2D eigenvalue weighted by Crippen LogP contribution is -2.50. The first-order valence-electron chi connectivity index (χ1n) is 36.1. The van der Waals surface area contributed by atoms with Crippen molar-refractivity contribution >= 4 is 97.0 Å². The highest BCUT2D eigenvalue weighted by atomic mass is 16.5. The number of anilines is 9. The van der Waals surface area contributed by atoms with Gasteiger partial charge in [-0.2, -0.15) is 0 Å². The van der Waals surface area contributed by atoms with E-state index in [0.717, 1.165) is 190 Å². The summed E-state index contributed by atoms with van der Waals surface area (Å²) in [6, 6.07) is 32.3. The van der Waals surface area contributed by atoms with E-state index in [9.17, 15) is 19.5 Å². The van der Waals surface area contributed by atoms with Crippen LogP contribution < -0.4 is 46.6 Å². The molecule has 12 aromatic rings. The number of nitrogens with zero attached hydrogens (tertiary/aromatic N) is 13. The Balaban J connectivity index is 0.000000117. The molecule has 0 saturated carbocycles. The molecule has 3 aromatic carbocycles. The quantitative estimate of drug-likeness (QED) is 0.0532. The standard InChI is InChI=1S/C28H30N6O3.C28H28N6O2.C24H23N7O2/c1-33-12-8-21-20(7-11-29-26(21)33)19-4-5-23(25-22(19)16-31-27(25)35)32-24-6-3-18(15-30-24)34-13-9-28(36,10-14-34)17-37-2;1-33-11-7-21-20(6-10-29-26(21)33)19-3-4-23(25-22(19)15-31-27(25)35)32-24-5-2-18(14-30-24)34-12-8-28(9-13-34)16-36-17-28;32-24-23-18(13-28-24)17(20-14-27-22-15-25-6-8-31(20)22)3-4-19(23)29-21-5-2-16(12-26-21)30-7-1-10-33-11-9-30/h3-8,11-12,15,36H,9-10,13-14,16-17H2,1-2H3,(H,30,32)(H,31,35);2-7,10-11,14H,8-9,12-13,15-17H2,1H3,(H,30,32)(H,31,35);2-6,8,12,14-15H,1,7,9-11,13H2,(H,26,29)(H,28,32). The van der Waals surface area contributed by atoms with Gasteiger partial charge in [0.05, 0.1) is 120 Å². The van der Waals surface area contributed by atoms with E-state index in [-0.39, 0.29) is 17.7 Å². The maximum absolute atomic E-state index is 12.9. The number of fused-ring (bicyclic) bond motifs is 6. The van der Waals surface area contributed by atoms with Gasteiger partial charge in [-0.15, -0.1) is 0 Å². The minimum absolute atomic E-state index is 0.0634. The van der Waals surface area contributed by atoms with Crippen molar-refractivity contribution in [3.05, 3.63) is 199 Å². The number of hydrogen-bond acceptors (Lipinski definition) is 20. The summed E-state index contributed by atoms with van der Waals surface area (Å²) in [5.74, 6) is 1.84. The minimum atomic E-state index is -0.754. The van der Waals surface area contributed by atoms with Crippen LogP contribution in [0.1, 0.15) is 79.9 Å². The van der Waals surface area contributed by atoms with Crippen molar-refractivity contribution in [1.82, 2.24) is 64.4 Å². The Labute approximate surface area is 611 Å². The number of aliphatic hydroxyl groups is 1. The normalized spacial score (nSPS) is 16.9. The predicted octanol–water partition coefficient (Wildman–Crippen LogP) is 10.8. The number of rotatable bonds is 14. The number of piperidine rings is 2. The fourth-order valence-electron chi connectivity index (χ4n) is 15.8. The summed E-state index contributed by atoms with van der Waals surface area (Å²) in [4.78, 5) is 76.8. The van der Waals surface area contributed by atoms with Gasteiger partial charge in [0.1, 0.15) is 28.7 Å². The van der Waals surface area contributed by atoms with Gasteiger partial charge < -0.3 is 75.1 Å². The molecule has 538 valence electrons. The van der Waals surface area contributed by atoms with Crippen LogP contribution in [0.15, 0.2) is 165 Å². The van der Waals surface area contributed by atoms with E-state index in [1.807, 2.05) is 144 Å². The largest absolute Gasteiger partial charge is 0.387 e. The summed E-state index contributed by atoms with van der Waals surface area (Å²) in [5, 5.41) is 31.7. The van der Waals surface area contributed by atoms with Crippen LogP contribution in [0.5, 0.6) is 0 Å². The van der Waals surface area contributed by atoms with Crippen molar-refractivity contribution < 1.29 is 33.7 Å². The second-order valence-electron chi connectivity index (χ2n) is 28.2. The second-order valence-corrected chi connectivity index (χ2v) is 28.2.